The number of hydrogen-bond acceptors (Lipinski definition) is 4. The smallest absolute Gasteiger partial charge is 0.411 e. The maximum Gasteiger partial charge on any atom is 0.411 e. The van der Waals surface area contributed by atoms with Gasteiger partial charge in [-0.05, 0) is 18.6 Å². The number of ether oxygens (including phenoxy) is 2. The second-order valence-electron chi connectivity index (χ2n) is 6.24. The van der Waals surface area contributed by atoms with Crippen LogP contribution in [-0.2, 0) is 4.74 Å². The molecule has 0 bridgehead atoms. The van der Waals surface area contributed by atoms with Gasteiger partial charge in [0, 0.05) is 39.3 Å². The number of benzene rings is 1. The molecule has 0 aliphatic carbocycles. The first-order valence-corrected chi connectivity index (χ1v) is 9.01. The summed E-state index contributed by atoms with van der Waals surface area (Å²) in [5.41, 5.74) is 0. The Hall–Kier alpha value is -2.00. The van der Waals surface area contributed by atoms with Crippen molar-refractivity contribution in [1.29, 1.82) is 0 Å². The van der Waals surface area contributed by atoms with Crippen LogP contribution in [0.25, 0.3) is 0 Å². The van der Waals surface area contributed by atoms with Crippen LogP contribution in [0.1, 0.15) is 6.42 Å². The van der Waals surface area contributed by atoms with Gasteiger partial charge in [0.15, 0.2) is 0 Å². The van der Waals surface area contributed by atoms with E-state index in [9.17, 15) is 18.0 Å². The van der Waals surface area contributed by atoms with Crippen LogP contribution in [0.3, 0.4) is 0 Å². The number of alkyl halides is 3. The summed E-state index contributed by atoms with van der Waals surface area (Å²) in [6, 6.07) is 9.26. The Labute approximate surface area is 157 Å². The molecule has 1 N–H and O–H groups in total. The number of nitrogens with zero attached hydrogens (tertiary/aromatic N) is 2. The molecule has 1 heterocycles. The molecule has 1 aromatic carbocycles. The lowest BCUT2D eigenvalue weighted by Gasteiger charge is -2.34. The largest absolute Gasteiger partial charge is 0.492 e. The van der Waals surface area contributed by atoms with Gasteiger partial charge in [0.1, 0.15) is 19.0 Å². The maximum atomic E-state index is 12.1. The molecule has 0 radical (unpaired) electrons. The molecule has 2 rings (SSSR count). The van der Waals surface area contributed by atoms with Crippen LogP contribution in [-0.4, -0.2) is 81.1 Å². The highest BCUT2D eigenvalue weighted by Gasteiger charge is 2.27. The SMILES string of the molecule is O=C(NCCOc1ccccc1)N1CCN(CCCOCC(F)(F)F)CC1. The number of para-hydroxylation sites is 1. The second kappa shape index (κ2) is 11.0. The molecule has 2 amide bonds. The monoisotopic (exact) mass is 389 g/mol. The lowest BCUT2D eigenvalue weighted by Crippen LogP contribution is -2.52. The summed E-state index contributed by atoms with van der Waals surface area (Å²) in [4.78, 5) is 16.0. The number of amides is 2. The van der Waals surface area contributed by atoms with Crippen LogP contribution >= 0.6 is 0 Å². The first kappa shape index (κ1) is 21.3. The summed E-state index contributed by atoms with van der Waals surface area (Å²) in [6.45, 7) is 2.96. The molecule has 0 spiro atoms. The molecule has 152 valence electrons. The Bertz CT molecular complexity index is 550. The quantitative estimate of drug-likeness (QED) is 0.659. The number of nitrogens with one attached hydrogen (secondary N) is 1. The van der Waals surface area contributed by atoms with Crippen molar-refractivity contribution < 1.29 is 27.4 Å². The van der Waals surface area contributed by atoms with E-state index < -0.39 is 12.8 Å². The third kappa shape index (κ3) is 8.96. The number of carbonyl (C=O) groups is 1. The Morgan fingerprint density at radius 3 is 2.44 bits per heavy atom. The van der Waals surface area contributed by atoms with Crippen LogP contribution < -0.4 is 10.1 Å². The molecule has 1 aliphatic rings. The van der Waals surface area contributed by atoms with Crippen LogP contribution in [0, 0.1) is 0 Å². The van der Waals surface area contributed by atoms with E-state index in [1.54, 1.807) is 4.90 Å². The van der Waals surface area contributed by atoms with Gasteiger partial charge in [-0.25, -0.2) is 4.79 Å². The van der Waals surface area contributed by atoms with Gasteiger partial charge in [-0.15, -0.1) is 0 Å². The number of piperazine rings is 1. The van der Waals surface area contributed by atoms with Crippen LogP contribution in [0.2, 0.25) is 0 Å². The molecule has 0 aromatic heterocycles. The number of urea groups is 1. The summed E-state index contributed by atoms with van der Waals surface area (Å²) >= 11 is 0. The summed E-state index contributed by atoms with van der Waals surface area (Å²) in [7, 11) is 0. The molecule has 1 aliphatic heterocycles. The minimum absolute atomic E-state index is 0.0849. The van der Waals surface area contributed by atoms with E-state index in [0.29, 0.717) is 52.3 Å². The van der Waals surface area contributed by atoms with Crippen molar-refractivity contribution in [2.24, 2.45) is 0 Å². The Kier molecular flexibility index (Phi) is 8.66. The molecule has 27 heavy (non-hydrogen) atoms. The molecular formula is C18H26F3N3O3. The summed E-state index contributed by atoms with van der Waals surface area (Å²) < 4.78 is 46.0. The van der Waals surface area contributed by atoms with Crippen molar-refractivity contribution in [2.75, 3.05) is 59.1 Å². The number of carbonyl (C=O) groups excluding carboxylic acids is 1. The molecule has 1 fully saturated rings. The predicted octanol–water partition coefficient (Wildman–Crippen LogP) is 2.36. The zero-order chi connectivity index (χ0) is 19.5. The molecule has 1 saturated heterocycles. The average Bonchev–Trinajstić information content (AvgIpc) is 2.65. The van der Waals surface area contributed by atoms with Crippen LogP contribution in [0.5, 0.6) is 5.75 Å². The van der Waals surface area contributed by atoms with E-state index >= 15 is 0 Å². The standard InChI is InChI=1S/C18H26F3N3O3/c19-18(20,21)15-26-13-4-8-23-9-11-24(12-10-23)17(25)22-7-14-27-16-5-2-1-3-6-16/h1-3,5-6H,4,7-15H2,(H,22,25). The Balaban J connectivity index is 1.51. The van der Waals surface area contributed by atoms with E-state index in [2.05, 4.69) is 15.0 Å². The summed E-state index contributed by atoms with van der Waals surface area (Å²) in [5, 5.41) is 2.83. The maximum absolute atomic E-state index is 12.1. The van der Waals surface area contributed by atoms with Gasteiger partial charge in [0.25, 0.3) is 0 Å². The summed E-state index contributed by atoms with van der Waals surface area (Å²) in [5.74, 6) is 0.763. The molecule has 0 atom stereocenters. The van der Waals surface area contributed by atoms with Gasteiger partial charge < -0.3 is 19.7 Å². The van der Waals surface area contributed by atoms with E-state index in [-0.39, 0.29) is 12.6 Å². The van der Waals surface area contributed by atoms with Crippen LogP contribution in [0.4, 0.5) is 18.0 Å². The lowest BCUT2D eigenvalue weighted by molar-refractivity contribution is -0.174. The minimum Gasteiger partial charge on any atom is -0.492 e. The molecular weight excluding hydrogens is 363 g/mol. The number of halogens is 3. The van der Waals surface area contributed by atoms with E-state index in [0.717, 1.165) is 5.75 Å². The minimum atomic E-state index is -4.27. The average molecular weight is 389 g/mol. The van der Waals surface area contributed by atoms with Crippen molar-refractivity contribution in [1.82, 2.24) is 15.1 Å². The molecule has 0 unspecified atom stereocenters. The second-order valence-corrected chi connectivity index (χ2v) is 6.24. The molecule has 0 saturated carbocycles. The lowest BCUT2D eigenvalue weighted by atomic mass is 10.3. The zero-order valence-corrected chi connectivity index (χ0v) is 15.2. The van der Waals surface area contributed by atoms with Crippen molar-refractivity contribution in [3.63, 3.8) is 0 Å². The molecule has 1 aromatic rings. The number of hydrogen-bond donors (Lipinski definition) is 1. The normalized spacial score (nSPS) is 15.6. The van der Waals surface area contributed by atoms with E-state index in [1.807, 2.05) is 30.3 Å². The van der Waals surface area contributed by atoms with Crippen molar-refractivity contribution in [3.8, 4) is 5.75 Å². The van der Waals surface area contributed by atoms with Gasteiger partial charge in [-0.3, -0.25) is 4.90 Å². The zero-order valence-electron chi connectivity index (χ0n) is 15.2. The van der Waals surface area contributed by atoms with Gasteiger partial charge in [-0.2, -0.15) is 13.2 Å². The first-order valence-electron chi connectivity index (χ1n) is 9.01. The number of rotatable bonds is 9. The highest BCUT2D eigenvalue weighted by atomic mass is 19.4. The van der Waals surface area contributed by atoms with E-state index in [4.69, 9.17) is 4.74 Å². The fraction of sp³-hybridized carbons (Fsp3) is 0.611. The van der Waals surface area contributed by atoms with Crippen molar-refractivity contribution in [2.45, 2.75) is 12.6 Å². The fourth-order valence-corrected chi connectivity index (χ4v) is 2.71. The predicted molar refractivity (Wildman–Crippen MR) is 94.8 cm³/mol. The summed E-state index contributed by atoms with van der Waals surface area (Å²) in [6.07, 6.45) is -3.73. The van der Waals surface area contributed by atoms with Crippen molar-refractivity contribution >= 4 is 6.03 Å². The van der Waals surface area contributed by atoms with Crippen LogP contribution in [0.15, 0.2) is 30.3 Å². The van der Waals surface area contributed by atoms with Gasteiger partial charge in [0.2, 0.25) is 0 Å². The van der Waals surface area contributed by atoms with Gasteiger partial charge in [-0.1, -0.05) is 18.2 Å². The molecule has 9 heteroatoms. The highest BCUT2D eigenvalue weighted by Crippen LogP contribution is 2.14. The third-order valence-electron chi connectivity index (χ3n) is 4.08. The Morgan fingerprint density at radius 2 is 1.78 bits per heavy atom. The highest BCUT2D eigenvalue weighted by molar-refractivity contribution is 5.74. The van der Waals surface area contributed by atoms with E-state index in [1.165, 1.54) is 0 Å². The topological polar surface area (TPSA) is 54.0 Å². The van der Waals surface area contributed by atoms with Crippen molar-refractivity contribution in [3.05, 3.63) is 30.3 Å². The first-order chi connectivity index (χ1) is 12.9. The Morgan fingerprint density at radius 1 is 1.07 bits per heavy atom. The van der Waals surface area contributed by atoms with Gasteiger partial charge in [0.05, 0.1) is 6.54 Å². The van der Waals surface area contributed by atoms with Gasteiger partial charge >= 0.3 is 12.2 Å². The third-order valence-corrected chi connectivity index (χ3v) is 4.08. The fourth-order valence-electron chi connectivity index (χ4n) is 2.71. The molecule has 6 nitrogen and oxygen atoms in total.